The fraction of sp³-hybridized carbons (Fsp3) is 0.286. The summed E-state index contributed by atoms with van der Waals surface area (Å²) in [4.78, 5) is 32.0. The molecule has 0 atom stereocenters. The van der Waals surface area contributed by atoms with Crippen LogP contribution in [0.1, 0.15) is 22.5 Å². The molecule has 7 nitrogen and oxygen atoms in total. The lowest BCUT2D eigenvalue weighted by Crippen LogP contribution is -2.36. The van der Waals surface area contributed by atoms with Gasteiger partial charge in [0.05, 0.1) is 32.5 Å². The van der Waals surface area contributed by atoms with E-state index in [2.05, 4.69) is 32.5 Å². The SMILES string of the molecule is O=C(CCc1ccc(Cl)c(Cl)c1)c1nc2c(I)cc(N3CCOCC3)cn2c(=O)c1O. The van der Waals surface area contributed by atoms with Crippen molar-refractivity contribution < 1.29 is 14.6 Å². The summed E-state index contributed by atoms with van der Waals surface area (Å²) in [5, 5.41) is 11.3. The number of morpholine rings is 1. The van der Waals surface area contributed by atoms with Gasteiger partial charge in [0, 0.05) is 25.7 Å². The van der Waals surface area contributed by atoms with Crippen molar-refractivity contribution in [3.8, 4) is 5.75 Å². The fourth-order valence-corrected chi connectivity index (χ4v) is 4.46. The lowest BCUT2D eigenvalue weighted by molar-refractivity contribution is 0.0975. The van der Waals surface area contributed by atoms with Crippen LogP contribution in [0.4, 0.5) is 5.69 Å². The summed E-state index contributed by atoms with van der Waals surface area (Å²) < 4.78 is 7.37. The number of Topliss-reactive ketones (excluding diaryl/α,β-unsaturated/α-hetero) is 1. The van der Waals surface area contributed by atoms with Gasteiger partial charge in [-0.05, 0) is 52.8 Å². The maximum absolute atomic E-state index is 12.8. The summed E-state index contributed by atoms with van der Waals surface area (Å²) in [5.41, 5.74) is 1.10. The minimum atomic E-state index is -0.670. The Morgan fingerprint density at radius 2 is 1.94 bits per heavy atom. The van der Waals surface area contributed by atoms with Gasteiger partial charge in [0.1, 0.15) is 0 Å². The second-order valence-electron chi connectivity index (χ2n) is 7.13. The van der Waals surface area contributed by atoms with Crippen molar-refractivity contribution in [1.29, 1.82) is 0 Å². The van der Waals surface area contributed by atoms with E-state index in [0.29, 0.717) is 52.0 Å². The standard InChI is InChI=1S/C21H18Cl2IN3O4/c22-14-3-1-12(9-15(14)23)2-4-17(28)18-19(29)21(30)27-11-13(10-16(24)20(27)25-18)26-5-7-31-8-6-26/h1,3,9-11,29H,2,4-8H2. The molecule has 0 unspecified atom stereocenters. The number of aryl methyl sites for hydroxylation is 1. The van der Waals surface area contributed by atoms with Crippen LogP contribution in [0.15, 0.2) is 35.3 Å². The molecule has 1 aliphatic rings. The van der Waals surface area contributed by atoms with Crippen LogP contribution < -0.4 is 10.5 Å². The van der Waals surface area contributed by atoms with Crippen molar-refractivity contribution in [2.75, 3.05) is 31.2 Å². The van der Waals surface area contributed by atoms with Crippen molar-refractivity contribution in [1.82, 2.24) is 9.38 Å². The maximum Gasteiger partial charge on any atom is 0.300 e. The molecule has 4 rings (SSSR count). The number of rotatable bonds is 5. The molecule has 1 aromatic carbocycles. The number of ether oxygens (including phenoxy) is 1. The molecule has 1 saturated heterocycles. The smallest absolute Gasteiger partial charge is 0.300 e. The summed E-state index contributed by atoms with van der Waals surface area (Å²) in [6.45, 7) is 2.64. The minimum absolute atomic E-state index is 0.0660. The molecule has 162 valence electrons. The van der Waals surface area contributed by atoms with Crippen molar-refractivity contribution in [2.45, 2.75) is 12.8 Å². The molecule has 2 aromatic heterocycles. The van der Waals surface area contributed by atoms with E-state index in [-0.39, 0.29) is 12.1 Å². The molecule has 0 aliphatic carbocycles. The number of nitrogens with zero attached hydrogens (tertiary/aromatic N) is 3. The number of pyridine rings is 1. The van der Waals surface area contributed by atoms with E-state index in [0.717, 1.165) is 11.3 Å². The van der Waals surface area contributed by atoms with Crippen LogP contribution in [0.25, 0.3) is 5.65 Å². The van der Waals surface area contributed by atoms with E-state index in [9.17, 15) is 14.7 Å². The van der Waals surface area contributed by atoms with Crippen molar-refractivity contribution in [3.63, 3.8) is 0 Å². The second kappa shape index (κ2) is 9.32. The maximum atomic E-state index is 12.8. The highest BCUT2D eigenvalue weighted by Gasteiger charge is 2.21. The zero-order valence-electron chi connectivity index (χ0n) is 16.3. The average Bonchev–Trinajstić information content (AvgIpc) is 2.77. The summed E-state index contributed by atoms with van der Waals surface area (Å²) >= 11 is 14.0. The molecule has 1 aliphatic heterocycles. The van der Waals surface area contributed by atoms with Crippen LogP contribution in [-0.4, -0.2) is 46.6 Å². The number of aromatic hydroxyl groups is 1. The first kappa shape index (κ1) is 22.3. The van der Waals surface area contributed by atoms with Gasteiger partial charge in [0.25, 0.3) is 0 Å². The Kier molecular flexibility index (Phi) is 6.71. The number of carbonyl (C=O) groups is 1. The quantitative estimate of drug-likeness (QED) is 0.367. The van der Waals surface area contributed by atoms with E-state index in [1.54, 1.807) is 24.4 Å². The van der Waals surface area contributed by atoms with Crippen LogP contribution in [0, 0.1) is 3.57 Å². The lowest BCUT2D eigenvalue weighted by atomic mass is 10.1. The van der Waals surface area contributed by atoms with Gasteiger partial charge in [-0.3, -0.25) is 14.0 Å². The summed E-state index contributed by atoms with van der Waals surface area (Å²) in [5.74, 6) is -1.07. The highest BCUT2D eigenvalue weighted by Crippen LogP contribution is 2.25. The topological polar surface area (TPSA) is 84.1 Å². The normalized spacial score (nSPS) is 14.2. The number of halogens is 3. The van der Waals surface area contributed by atoms with Crippen LogP contribution in [0.2, 0.25) is 10.0 Å². The molecule has 0 radical (unpaired) electrons. The Morgan fingerprint density at radius 1 is 1.19 bits per heavy atom. The molecule has 3 heterocycles. The number of carbonyl (C=O) groups excluding carboxylic acids is 1. The van der Waals surface area contributed by atoms with E-state index in [4.69, 9.17) is 27.9 Å². The third-order valence-corrected chi connectivity index (χ3v) is 6.64. The predicted octanol–water partition coefficient (Wildman–Crippen LogP) is 3.96. The summed E-state index contributed by atoms with van der Waals surface area (Å²) in [6.07, 6.45) is 2.09. The number of aromatic nitrogens is 2. The molecule has 31 heavy (non-hydrogen) atoms. The Balaban J connectivity index is 1.64. The number of anilines is 1. The van der Waals surface area contributed by atoms with E-state index >= 15 is 0 Å². The van der Waals surface area contributed by atoms with Gasteiger partial charge >= 0.3 is 5.56 Å². The number of ketones is 1. The highest BCUT2D eigenvalue weighted by molar-refractivity contribution is 14.1. The molecular weight excluding hydrogens is 556 g/mol. The van der Waals surface area contributed by atoms with Crippen LogP contribution in [0.3, 0.4) is 0 Å². The molecule has 3 aromatic rings. The largest absolute Gasteiger partial charge is 0.501 e. The van der Waals surface area contributed by atoms with Crippen LogP contribution >= 0.6 is 45.8 Å². The Hall–Kier alpha value is -1.88. The van der Waals surface area contributed by atoms with E-state index in [1.807, 2.05) is 6.07 Å². The molecule has 1 N–H and O–H groups in total. The zero-order chi connectivity index (χ0) is 22.1. The van der Waals surface area contributed by atoms with Crippen LogP contribution in [-0.2, 0) is 11.2 Å². The van der Waals surface area contributed by atoms with Gasteiger partial charge in [-0.25, -0.2) is 4.98 Å². The van der Waals surface area contributed by atoms with Crippen LogP contribution in [0.5, 0.6) is 5.75 Å². The summed E-state index contributed by atoms with van der Waals surface area (Å²) in [6, 6.07) is 7.04. The first-order valence-electron chi connectivity index (χ1n) is 9.60. The number of hydrogen-bond donors (Lipinski definition) is 1. The van der Waals surface area contributed by atoms with Crippen molar-refractivity contribution in [3.05, 3.63) is 65.7 Å². The van der Waals surface area contributed by atoms with Gasteiger partial charge < -0.3 is 14.7 Å². The van der Waals surface area contributed by atoms with Gasteiger partial charge in [-0.15, -0.1) is 0 Å². The highest BCUT2D eigenvalue weighted by atomic mass is 127. The lowest BCUT2D eigenvalue weighted by Gasteiger charge is -2.29. The third-order valence-electron chi connectivity index (χ3n) is 5.11. The van der Waals surface area contributed by atoms with Crippen molar-refractivity contribution in [2.24, 2.45) is 0 Å². The molecule has 0 spiro atoms. The minimum Gasteiger partial charge on any atom is -0.501 e. The van der Waals surface area contributed by atoms with Gasteiger partial charge in [-0.1, -0.05) is 29.3 Å². The van der Waals surface area contributed by atoms with Gasteiger partial charge in [0.15, 0.2) is 17.1 Å². The number of hydrogen-bond acceptors (Lipinski definition) is 6. The molecule has 10 heteroatoms. The average molecular weight is 574 g/mol. The Morgan fingerprint density at radius 3 is 2.65 bits per heavy atom. The molecule has 0 bridgehead atoms. The molecule has 1 fully saturated rings. The first-order chi connectivity index (χ1) is 14.8. The predicted molar refractivity (Wildman–Crippen MR) is 128 cm³/mol. The zero-order valence-corrected chi connectivity index (χ0v) is 19.9. The number of fused-ring (bicyclic) bond motifs is 1. The van der Waals surface area contributed by atoms with Crippen molar-refractivity contribution >= 4 is 62.9 Å². The third kappa shape index (κ3) is 4.67. The van der Waals surface area contributed by atoms with Gasteiger partial charge in [-0.2, -0.15) is 0 Å². The summed E-state index contributed by atoms with van der Waals surface area (Å²) in [7, 11) is 0. The Bertz CT molecular complexity index is 1230. The second-order valence-corrected chi connectivity index (χ2v) is 9.10. The Labute approximate surface area is 201 Å². The fourth-order valence-electron chi connectivity index (χ4n) is 3.44. The van der Waals surface area contributed by atoms with E-state index in [1.165, 1.54) is 4.40 Å². The first-order valence-corrected chi connectivity index (χ1v) is 11.4. The van der Waals surface area contributed by atoms with E-state index < -0.39 is 17.1 Å². The molecular formula is C21H18Cl2IN3O4. The molecule has 0 saturated carbocycles. The monoisotopic (exact) mass is 573 g/mol. The van der Waals surface area contributed by atoms with Gasteiger partial charge in [0.2, 0.25) is 5.75 Å². The molecule has 0 amide bonds. The number of benzene rings is 1.